The molecule has 0 saturated carbocycles. The maximum atomic E-state index is 12.3. The van der Waals surface area contributed by atoms with E-state index in [1.165, 1.54) is 12.1 Å². The fourth-order valence-corrected chi connectivity index (χ4v) is 3.36. The first-order valence-electron chi connectivity index (χ1n) is 9.80. The number of likely N-dealkylation sites (tertiary alicyclic amines) is 1. The zero-order chi connectivity index (χ0) is 23.4. The number of nitrogens with zero attached hydrogens (tertiary/aromatic N) is 1. The number of alkyl halides is 3. The van der Waals surface area contributed by atoms with Crippen LogP contribution in [0.3, 0.4) is 0 Å². The first-order chi connectivity index (χ1) is 14.2. The van der Waals surface area contributed by atoms with Gasteiger partial charge in [-0.2, -0.15) is 0 Å². The van der Waals surface area contributed by atoms with E-state index in [1.807, 2.05) is 4.90 Å². The summed E-state index contributed by atoms with van der Waals surface area (Å²) in [6.45, 7) is 6.16. The van der Waals surface area contributed by atoms with Crippen molar-refractivity contribution in [3.63, 3.8) is 0 Å². The molecule has 1 saturated heterocycles. The van der Waals surface area contributed by atoms with Crippen LogP contribution in [0.5, 0.6) is 0 Å². The number of amides is 1. The SMILES string of the molecule is CC(C)(C)OC(=O)N[C@@H]1CCN(Cc2cc(N)c(C(=O)O)cc2CCOC(F)(F)F)C1. The number of carboxylic acid groups (broad SMARTS) is 1. The number of carboxylic acids is 1. The highest BCUT2D eigenvalue weighted by Crippen LogP contribution is 2.24. The third kappa shape index (κ3) is 8.25. The fraction of sp³-hybridized carbons (Fsp3) is 0.600. The average molecular weight is 447 g/mol. The Labute approximate surface area is 178 Å². The number of nitrogens with two attached hydrogens (primary N) is 1. The third-order valence-corrected chi connectivity index (χ3v) is 4.63. The molecule has 0 aliphatic carbocycles. The number of aromatic carboxylic acids is 1. The summed E-state index contributed by atoms with van der Waals surface area (Å²) in [6, 6.07) is 2.63. The highest BCUT2D eigenvalue weighted by atomic mass is 19.4. The number of hydrogen-bond acceptors (Lipinski definition) is 6. The monoisotopic (exact) mass is 447 g/mol. The van der Waals surface area contributed by atoms with Crippen molar-refractivity contribution in [3.8, 4) is 0 Å². The summed E-state index contributed by atoms with van der Waals surface area (Å²) in [7, 11) is 0. The molecule has 0 bridgehead atoms. The van der Waals surface area contributed by atoms with Gasteiger partial charge in [0.1, 0.15) is 5.60 Å². The number of rotatable bonds is 7. The topological polar surface area (TPSA) is 114 Å². The van der Waals surface area contributed by atoms with Gasteiger partial charge in [0.15, 0.2) is 0 Å². The van der Waals surface area contributed by atoms with Crippen molar-refractivity contribution in [1.29, 1.82) is 0 Å². The van der Waals surface area contributed by atoms with Crippen LogP contribution in [0.15, 0.2) is 12.1 Å². The van der Waals surface area contributed by atoms with Gasteiger partial charge in [0.2, 0.25) is 0 Å². The largest absolute Gasteiger partial charge is 0.522 e. The molecule has 8 nitrogen and oxygen atoms in total. The Balaban J connectivity index is 2.06. The molecule has 1 aromatic rings. The van der Waals surface area contributed by atoms with Crippen LogP contribution in [0.25, 0.3) is 0 Å². The van der Waals surface area contributed by atoms with Gasteiger partial charge in [0, 0.05) is 31.4 Å². The van der Waals surface area contributed by atoms with E-state index in [1.54, 1.807) is 20.8 Å². The summed E-state index contributed by atoms with van der Waals surface area (Å²) in [5, 5.41) is 12.1. The van der Waals surface area contributed by atoms with Crippen LogP contribution in [-0.4, -0.2) is 59.8 Å². The third-order valence-electron chi connectivity index (χ3n) is 4.63. The smallest absolute Gasteiger partial charge is 0.478 e. The first kappa shape index (κ1) is 24.7. The Bertz CT molecular complexity index is 808. The fourth-order valence-electron chi connectivity index (χ4n) is 3.36. The van der Waals surface area contributed by atoms with Gasteiger partial charge in [-0.05, 0) is 56.9 Å². The summed E-state index contributed by atoms with van der Waals surface area (Å²) in [4.78, 5) is 25.3. The highest BCUT2D eigenvalue weighted by Gasteiger charge is 2.29. The summed E-state index contributed by atoms with van der Waals surface area (Å²) in [6.07, 6.45) is -4.73. The molecule has 1 heterocycles. The van der Waals surface area contributed by atoms with Crippen LogP contribution < -0.4 is 11.1 Å². The number of nitrogen functional groups attached to an aromatic ring is 1. The molecule has 1 aliphatic rings. The van der Waals surface area contributed by atoms with E-state index >= 15 is 0 Å². The van der Waals surface area contributed by atoms with Crippen molar-refractivity contribution in [2.24, 2.45) is 0 Å². The minimum atomic E-state index is -4.76. The zero-order valence-corrected chi connectivity index (χ0v) is 17.7. The first-order valence-corrected chi connectivity index (χ1v) is 9.80. The molecule has 1 amide bonds. The summed E-state index contributed by atoms with van der Waals surface area (Å²) < 4.78 is 46.0. The highest BCUT2D eigenvalue weighted by molar-refractivity contribution is 5.94. The summed E-state index contributed by atoms with van der Waals surface area (Å²) >= 11 is 0. The number of benzene rings is 1. The molecular weight excluding hydrogens is 419 g/mol. The molecule has 2 rings (SSSR count). The predicted octanol–water partition coefficient (Wildman–Crippen LogP) is 3.14. The van der Waals surface area contributed by atoms with E-state index in [4.69, 9.17) is 10.5 Å². The second kappa shape index (κ2) is 9.73. The van der Waals surface area contributed by atoms with Crippen molar-refractivity contribution in [1.82, 2.24) is 10.2 Å². The number of ether oxygens (including phenoxy) is 2. The van der Waals surface area contributed by atoms with Gasteiger partial charge in [0.05, 0.1) is 12.2 Å². The molecule has 174 valence electrons. The molecular formula is C20H28F3N3O5. The Hall–Kier alpha value is -2.53. The average Bonchev–Trinajstić information content (AvgIpc) is 3.00. The van der Waals surface area contributed by atoms with E-state index in [0.29, 0.717) is 37.2 Å². The van der Waals surface area contributed by atoms with Gasteiger partial charge in [-0.3, -0.25) is 9.64 Å². The van der Waals surface area contributed by atoms with E-state index < -0.39 is 30.6 Å². The molecule has 0 unspecified atom stereocenters. The predicted molar refractivity (Wildman–Crippen MR) is 107 cm³/mol. The van der Waals surface area contributed by atoms with Crippen molar-refractivity contribution in [2.75, 3.05) is 25.4 Å². The Kier molecular flexibility index (Phi) is 7.77. The molecule has 1 atom stereocenters. The lowest BCUT2D eigenvalue weighted by atomic mass is 9.99. The number of carbonyl (C=O) groups is 2. The zero-order valence-electron chi connectivity index (χ0n) is 17.7. The lowest BCUT2D eigenvalue weighted by molar-refractivity contribution is -0.324. The van der Waals surface area contributed by atoms with Gasteiger partial charge >= 0.3 is 18.4 Å². The number of nitrogens with one attached hydrogen (secondary N) is 1. The van der Waals surface area contributed by atoms with Crippen LogP contribution in [0.4, 0.5) is 23.7 Å². The number of halogens is 3. The lowest BCUT2D eigenvalue weighted by Crippen LogP contribution is -2.40. The Morgan fingerprint density at radius 2 is 1.94 bits per heavy atom. The molecule has 1 aromatic carbocycles. The molecule has 31 heavy (non-hydrogen) atoms. The lowest BCUT2D eigenvalue weighted by Gasteiger charge is -2.22. The van der Waals surface area contributed by atoms with Gasteiger partial charge in [-0.1, -0.05) is 0 Å². The number of carbonyl (C=O) groups excluding carboxylic acids is 1. The van der Waals surface area contributed by atoms with Crippen LogP contribution in [0, 0.1) is 0 Å². The second-order valence-electron chi connectivity index (χ2n) is 8.42. The van der Waals surface area contributed by atoms with E-state index in [9.17, 15) is 27.9 Å². The van der Waals surface area contributed by atoms with Crippen molar-refractivity contribution in [3.05, 3.63) is 28.8 Å². The molecule has 0 aromatic heterocycles. The maximum Gasteiger partial charge on any atom is 0.522 e. The normalized spacial score (nSPS) is 17.5. The van der Waals surface area contributed by atoms with Crippen LogP contribution >= 0.6 is 0 Å². The van der Waals surface area contributed by atoms with Gasteiger partial charge in [0.25, 0.3) is 0 Å². The van der Waals surface area contributed by atoms with Gasteiger partial charge < -0.3 is 20.9 Å². The van der Waals surface area contributed by atoms with Crippen LogP contribution in [0.1, 0.15) is 48.7 Å². The number of alkyl carbamates (subject to hydrolysis) is 1. The second-order valence-corrected chi connectivity index (χ2v) is 8.42. The van der Waals surface area contributed by atoms with Crippen molar-refractivity contribution >= 4 is 17.7 Å². The minimum Gasteiger partial charge on any atom is -0.478 e. The van der Waals surface area contributed by atoms with E-state index in [2.05, 4.69) is 10.1 Å². The molecule has 1 aliphatic heterocycles. The van der Waals surface area contributed by atoms with E-state index in [0.717, 1.165) is 0 Å². The Morgan fingerprint density at radius 3 is 2.52 bits per heavy atom. The number of anilines is 1. The summed E-state index contributed by atoms with van der Waals surface area (Å²) in [5.41, 5.74) is 6.12. The van der Waals surface area contributed by atoms with Gasteiger partial charge in [-0.15, -0.1) is 13.2 Å². The molecule has 1 fully saturated rings. The molecule has 0 radical (unpaired) electrons. The van der Waals surface area contributed by atoms with Crippen molar-refractivity contribution in [2.45, 2.75) is 58.2 Å². The molecule has 0 spiro atoms. The van der Waals surface area contributed by atoms with E-state index in [-0.39, 0.29) is 23.7 Å². The Morgan fingerprint density at radius 1 is 1.26 bits per heavy atom. The molecule has 4 N–H and O–H groups in total. The quantitative estimate of drug-likeness (QED) is 0.550. The standard InChI is InChI=1S/C20H28F3N3O5/c1-19(2,3)31-18(29)25-14-4-6-26(11-14)10-13-9-16(24)15(17(27)28)8-12(13)5-7-30-20(21,22)23/h8-9,14H,4-7,10-11,24H2,1-3H3,(H,25,29)(H,27,28)/t14-/m1/s1. The van der Waals surface area contributed by atoms with Gasteiger partial charge in [-0.25, -0.2) is 9.59 Å². The maximum absolute atomic E-state index is 12.3. The van der Waals surface area contributed by atoms with Crippen LogP contribution in [0.2, 0.25) is 0 Å². The summed E-state index contributed by atoms with van der Waals surface area (Å²) in [5.74, 6) is -1.26. The van der Waals surface area contributed by atoms with Crippen LogP contribution in [-0.2, 0) is 22.4 Å². The molecule has 11 heteroatoms. The van der Waals surface area contributed by atoms with Crippen molar-refractivity contribution < 1.29 is 37.3 Å². The minimum absolute atomic E-state index is 0.0330. The number of hydrogen-bond donors (Lipinski definition) is 3.